The van der Waals surface area contributed by atoms with E-state index in [1.54, 1.807) is 0 Å². The van der Waals surface area contributed by atoms with Gasteiger partial charge in [-0.3, -0.25) is 0 Å². The number of rotatable bonds is 7. The van der Waals surface area contributed by atoms with Gasteiger partial charge in [-0.05, 0) is 82.0 Å². The van der Waals surface area contributed by atoms with Crippen molar-refractivity contribution in [3.8, 4) is 22.3 Å². The number of fused-ring (bicyclic) bond motifs is 4. The van der Waals surface area contributed by atoms with Gasteiger partial charge in [0.05, 0.1) is 0 Å². The second-order valence-corrected chi connectivity index (χ2v) is 8.60. The van der Waals surface area contributed by atoms with Gasteiger partial charge in [-0.15, -0.1) is 0 Å². The molecule has 1 aliphatic carbocycles. The normalized spacial score (nSPS) is 13.9. The fourth-order valence-electron chi connectivity index (χ4n) is 5.44. The molecule has 4 aromatic carbocycles. The largest absolute Gasteiger partial charge is 0.396 e. The maximum atomic E-state index is 9.59. The highest BCUT2D eigenvalue weighted by Crippen LogP contribution is 2.54. The summed E-state index contributed by atoms with van der Waals surface area (Å²) in [6.07, 6.45) is 3.29. The first kappa shape index (κ1) is 20.0. The molecule has 0 amide bonds. The fourth-order valence-corrected chi connectivity index (χ4v) is 5.44. The zero-order valence-electron chi connectivity index (χ0n) is 17.7. The van der Waals surface area contributed by atoms with Gasteiger partial charge < -0.3 is 10.2 Å². The topological polar surface area (TPSA) is 40.5 Å². The van der Waals surface area contributed by atoms with Crippen molar-refractivity contribution >= 4 is 10.8 Å². The van der Waals surface area contributed by atoms with E-state index in [1.165, 1.54) is 44.2 Å². The van der Waals surface area contributed by atoms with Gasteiger partial charge in [-0.1, -0.05) is 72.8 Å². The Labute approximate surface area is 183 Å². The summed E-state index contributed by atoms with van der Waals surface area (Å²) in [5.41, 5.74) is 7.55. The lowest BCUT2D eigenvalue weighted by Crippen LogP contribution is -2.26. The molecule has 0 saturated carbocycles. The molecule has 0 spiro atoms. The van der Waals surface area contributed by atoms with Crippen molar-refractivity contribution < 1.29 is 10.2 Å². The number of benzene rings is 4. The Morgan fingerprint density at radius 2 is 1.16 bits per heavy atom. The van der Waals surface area contributed by atoms with E-state index in [0.29, 0.717) is 0 Å². The maximum absolute atomic E-state index is 9.59. The highest BCUT2D eigenvalue weighted by molar-refractivity contribution is 5.89. The van der Waals surface area contributed by atoms with Crippen LogP contribution in [0.1, 0.15) is 36.8 Å². The summed E-state index contributed by atoms with van der Waals surface area (Å²) in [6, 6.07) is 30.7. The number of aliphatic hydroxyl groups is 2. The lowest BCUT2D eigenvalue weighted by Gasteiger charge is -2.32. The second kappa shape index (κ2) is 8.30. The van der Waals surface area contributed by atoms with Gasteiger partial charge in [0.1, 0.15) is 0 Å². The highest BCUT2D eigenvalue weighted by atomic mass is 16.3. The predicted octanol–water partition coefficient (Wildman–Crippen LogP) is 6.32. The van der Waals surface area contributed by atoms with Crippen LogP contribution in [0.3, 0.4) is 0 Å². The van der Waals surface area contributed by atoms with Crippen LogP contribution in [0.2, 0.25) is 0 Å². The van der Waals surface area contributed by atoms with Crippen LogP contribution in [0.5, 0.6) is 0 Å². The molecule has 31 heavy (non-hydrogen) atoms. The minimum absolute atomic E-state index is 0.140. The average Bonchev–Trinajstić information content (AvgIpc) is 3.10. The van der Waals surface area contributed by atoms with Crippen LogP contribution in [0, 0.1) is 0 Å². The molecule has 2 nitrogen and oxygen atoms in total. The van der Waals surface area contributed by atoms with Crippen LogP contribution in [-0.2, 0) is 5.41 Å². The Hall–Kier alpha value is -2.94. The second-order valence-electron chi connectivity index (χ2n) is 8.60. The zero-order chi connectivity index (χ0) is 21.3. The van der Waals surface area contributed by atoms with Gasteiger partial charge in [0.15, 0.2) is 0 Å². The third-order valence-corrected chi connectivity index (χ3v) is 6.87. The van der Waals surface area contributed by atoms with Crippen LogP contribution in [0.25, 0.3) is 33.0 Å². The van der Waals surface area contributed by atoms with Gasteiger partial charge in [0.25, 0.3) is 0 Å². The van der Waals surface area contributed by atoms with E-state index in [1.807, 2.05) is 0 Å². The molecule has 0 fully saturated rings. The van der Waals surface area contributed by atoms with Gasteiger partial charge >= 0.3 is 0 Å². The molecule has 0 atom stereocenters. The molecule has 0 bridgehead atoms. The van der Waals surface area contributed by atoms with Gasteiger partial charge in [0.2, 0.25) is 0 Å². The summed E-state index contributed by atoms with van der Waals surface area (Å²) >= 11 is 0. The minimum Gasteiger partial charge on any atom is -0.396 e. The quantitative estimate of drug-likeness (QED) is 0.376. The van der Waals surface area contributed by atoms with Crippen molar-refractivity contribution in [2.45, 2.75) is 31.1 Å². The fraction of sp³-hybridized carbons (Fsp3) is 0.241. The van der Waals surface area contributed by atoms with Crippen molar-refractivity contribution in [2.75, 3.05) is 13.2 Å². The Morgan fingerprint density at radius 1 is 0.548 bits per heavy atom. The van der Waals surface area contributed by atoms with Crippen molar-refractivity contribution in [1.82, 2.24) is 0 Å². The van der Waals surface area contributed by atoms with E-state index in [9.17, 15) is 10.2 Å². The van der Waals surface area contributed by atoms with Crippen LogP contribution < -0.4 is 0 Å². The molecule has 1 aliphatic rings. The predicted molar refractivity (Wildman–Crippen MR) is 128 cm³/mol. The molecule has 5 rings (SSSR count). The molecule has 0 unspecified atom stereocenters. The number of aliphatic hydroxyl groups excluding tert-OH is 2. The standard InChI is InChI=1S/C29H28O2/c30-17-5-15-29(16-6-18-31)27-10-4-3-9-25(27)26-20-24(13-14-28(26)29)23-12-11-21-7-1-2-8-22(21)19-23/h1-4,7-14,19-20,30-31H,5-6,15-18H2. The van der Waals surface area contributed by atoms with Gasteiger partial charge in [-0.25, -0.2) is 0 Å². The molecule has 0 aliphatic heterocycles. The molecule has 0 radical (unpaired) electrons. The third-order valence-electron chi connectivity index (χ3n) is 6.87. The molecule has 2 N–H and O–H groups in total. The first-order valence-electron chi connectivity index (χ1n) is 11.2. The van der Waals surface area contributed by atoms with E-state index in [0.717, 1.165) is 25.7 Å². The van der Waals surface area contributed by atoms with Crippen LogP contribution in [0.15, 0.2) is 84.9 Å². The van der Waals surface area contributed by atoms with Gasteiger partial charge in [-0.2, -0.15) is 0 Å². The molecule has 0 heterocycles. The summed E-state index contributed by atoms with van der Waals surface area (Å²) in [5.74, 6) is 0. The van der Waals surface area contributed by atoms with E-state index in [4.69, 9.17) is 0 Å². The molecular formula is C29H28O2. The lowest BCUT2D eigenvalue weighted by molar-refractivity contribution is 0.247. The Kier molecular flexibility index (Phi) is 5.35. The van der Waals surface area contributed by atoms with Crippen molar-refractivity contribution in [1.29, 1.82) is 0 Å². The smallest absolute Gasteiger partial charge is 0.0431 e. The summed E-state index contributed by atoms with van der Waals surface area (Å²) in [6.45, 7) is 0.376. The molecule has 0 aromatic heterocycles. The van der Waals surface area contributed by atoms with E-state index in [-0.39, 0.29) is 18.6 Å². The molecule has 2 heteroatoms. The average molecular weight is 409 g/mol. The summed E-state index contributed by atoms with van der Waals surface area (Å²) < 4.78 is 0. The number of hydrogen-bond donors (Lipinski definition) is 2. The third kappa shape index (κ3) is 3.37. The monoisotopic (exact) mass is 408 g/mol. The van der Waals surface area contributed by atoms with E-state index in [2.05, 4.69) is 84.9 Å². The highest BCUT2D eigenvalue weighted by Gasteiger charge is 2.42. The Bertz CT molecular complexity index is 1220. The Balaban J connectivity index is 1.66. The summed E-state index contributed by atoms with van der Waals surface area (Å²) in [7, 11) is 0. The van der Waals surface area contributed by atoms with Crippen molar-refractivity contribution in [3.05, 3.63) is 96.1 Å². The van der Waals surface area contributed by atoms with Gasteiger partial charge in [0, 0.05) is 18.6 Å². The molecular weight excluding hydrogens is 380 g/mol. The van der Waals surface area contributed by atoms with E-state index >= 15 is 0 Å². The van der Waals surface area contributed by atoms with Crippen molar-refractivity contribution in [2.24, 2.45) is 0 Å². The zero-order valence-corrected chi connectivity index (χ0v) is 17.7. The first-order valence-corrected chi connectivity index (χ1v) is 11.2. The van der Waals surface area contributed by atoms with Crippen LogP contribution in [0.4, 0.5) is 0 Å². The molecule has 4 aromatic rings. The minimum atomic E-state index is -0.140. The summed E-state index contributed by atoms with van der Waals surface area (Å²) in [4.78, 5) is 0. The van der Waals surface area contributed by atoms with Crippen LogP contribution >= 0.6 is 0 Å². The van der Waals surface area contributed by atoms with E-state index < -0.39 is 0 Å². The number of hydrogen-bond acceptors (Lipinski definition) is 2. The Morgan fingerprint density at radius 3 is 1.94 bits per heavy atom. The van der Waals surface area contributed by atoms with Crippen LogP contribution in [-0.4, -0.2) is 23.4 Å². The first-order chi connectivity index (χ1) is 15.3. The molecule has 0 saturated heterocycles. The summed E-state index contributed by atoms with van der Waals surface area (Å²) in [5, 5.41) is 21.7. The van der Waals surface area contributed by atoms with Crippen molar-refractivity contribution in [3.63, 3.8) is 0 Å². The SMILES string of the molecule is OCCCC1(CCCO)c2ccccc2-c2cc(-c3ccc4ccccc4c3)ccc21. The lowest BCUT2D eigenvalue weighted by atomic mass is 9.71. The maximum Gasteiger partial charge on any atom is 0.0431 e. The molecule has 156 valence electrons.